The van der Waals surface area contributed by atoms with Crippen LogP contribution in [0.5, 0.6) is 5.75 Å². The van der Waals surface area contributed by atoms with E-state index >= 15 is 0 Å². The summed E-state index contributed by atoms with van der Waals surface area (Å²) in [5, 5.41) is 8.15. The van der Waals surface area contributed by atoms with E-state index in [1.807, 2.05) is 24.3 Å². The number of ether oxygens (including phenoxy) is 1. The number of nitrogens with one attached hydrogen (secondary N) is 1. The normalized spacial score (nSPS) is 11.4. The van der Waals surface area contributed by atoms with E-state index < -0.39 is 11.7 Å². The number of anilines is 1. The highest BCUT2D eigenvalue weighted by molar-refractivity contribution is 5.99. The predicted octanol–water partition coefficient (Wildman–Crippen LogP) is 5.84. The molecule has 0 fully saturated rings. The smallest absolute Gasteiger partial charge is 0.416 e. The maximum absolute atomic E-state index is 13.0. The molecule has 0 aliphatic carbocycles. The second-order valence-electron chi connectivity index (χ2n) is 6.97. The standard InChI is InChI=1S/C24H18F3N3O2/c1-3-22(31)28-17-12-18(14-19(13-17)32-2)30-21-7-5-4-6-20(21)23(29-30)15-8-10-16(11-9-15)24(25,26)27/h3-14H,1H2,2H3,(H,28,31). The zero-order valence-electron chi connectivity index (χ0n) is 17.0. The van der Waals surface area contributed by atoms with Gasteiger partial charge in [0.05, 0.1) is 23.9 Å². The van der Waals surface area contributed by atoms with Crippen molar-refractivity contribution < 1.29 is 22.7 Å². The third-order valence-electron chi connectivity index (χ3n) is 4.90. The van der Waals surface area contributed by atoms with E-state index in [2.05, 4.69) is 17.0 Å². The van der Waals surface area contributed by atoms with Gasteiger partial charge in [-0.3, -0.25) is 4.79 Å². The molecule has 0 radical (unpaired) electrons. The van der Waals surface area contributed by atoms with Crippen LogP contribution in [0.15, 0.2) is 79.4 Å². The highest BCUT2D eigenvalue weighted by Gasteiger charge is 2.30. The van der Waals surface area contributed by atoms with E-state index in [0.717, 1.165) is 29.1 Å². The second kappa shape index (κ2) is 8.22. The van der Waals surface area contributed by atoms with Gasteiger partial charge >= 0.3 is 6.18 Å². The first-order valence-corrected chi connectivity index (χ1v) is 9.58. The van der Waals surface area contributed by atoms with Crippen LogP contribution in [0.4, 0.5) is 18.9 Å². The van der Waals surface area contributed by atoms with Crippen molar-refractivity contribution in [2.45, 2.75) is 6.18 Å². The number of rotatable bonds is 5. The molecule has 162 valence electrons. The maximum atomic E-state index is 13.0. The first-order chi connectivity index (χ1) is 15.3. The van der Waals surface area contributed by atoms with Gasteiger partial charge in [-0.25, -0.2) is 4.68 Å². The number of methoxy groups -OCH3 is 1. The summed E-state index contributed by atoms with van der Waals surface area (Å²) in [5.41, 5.74) is 2.21. The quantitative estimate of drug-likeness (QED) is 0.399. The van der Waals surface area contributed by atoms with Crippen LogP contribution in [-0.4, -0.2) is 22.8 Å². The molecule has 4 aromatic rings. The van der Waals surface area contributed by atoms with Crippen molar-refractivity contribution in [2.24, 2.45) is 0 Å². The van der Waals surface area contributed by atoms with E-state index in [4.69, 9.17) is 4.74 Å². The Labute approximate surface area is 181 Å². The van der Waals surface area contributed by atoms with Crippen LogP contribution >= 0.6 is 0 Å². The van der Waals surface area contributed by atoms with Gasteiger partial charge in [-0.15, -0.1) is 0 Å². The number of carbonyl (C=O) groups excluding carboxylic acids is 1. The van der Waals surface area contributed by atoms with E-state index in [1.54, 1.807) is 22.9 Å². The average Bonchev–Trinajstić information content (AvgIpc) is 3.18. The summed E-state index contributed by atoms with van der Waals surface area (Å²) >= 11 is 0. The maximum Gasteiger partial charge on any atom is 0.416 e. The molecule has 5 nitrogen and oxygen atoms in total. The lowest BCUT2D eigenvalue weighted by Crippen LogP contribution is -2.08. The van der Waals surface area contributed by atoms with Gasteiger partial charge in [-0.1, -0.05) is 36.9 Å². The molecule has 3 aromatic carbocycles. The molecule has 4 rings (SSSR count). The molecule has 0 unspecified atom stereocenters. The largest absolute Gasteiger partial charge is 0.497 e. The van der Waals surface area contributed by atoms with Crippen LogP contribution in [-0.2, 0) is 11.0 Å². The van der Waals surface area contributed by atoms with Crippen molar-refractivity contribution >= 4 is 22.5 Å². The van der Waals surface area contributed by atoms with Crippen molar-refractivity contribution in [2.75, 3.05) is 12.4 Å². The summed E-state index contributed by atoms with van der Waals surface area (Å²) in [5.74, 6) is 0.123. The number of halogens is 3. The van der Waals surface area contributed by atoms with Crippen LogP contribution in [0, 0.1) is 0 Å². The molecule has 0 bridgehead atoms. The number of hydrogen-bond acceptors (Lipinski definition) is 3. The molecular weight excluding hydrogens is 419 g/mol. The number of amides is 1. The van der Waals surface area contributed by atoms with E-state index in [9.17, 15) is 18.0 Å². The molecule has 0 atom stereocenters. The number of alkyl halides is 3. The monoisotopic (exact) mass is 437 g/mol. The fraction of sp³-hybridized carbons (Fsp3) is 0.0833. The van der Waals surface area contributed by atoms with Gasteiger partial charge in [-0.05, 0) is 30.3 Å². The van der Waals surface area contributed by atoms with Crippen molar-refractivity contribution in [1.82, 2.24) is 9.78 Å². The Bertz CT molecular complexity index is 1310. The van der Waals surface area contributed by atoms with Crippen LogP contribution < -0.4 is 10.1 Å². The average molecular weight is 437 g/mol. The Balaban J connectivity index is 1.86. The Morgan fingerprint density at radius 1 is 1.09 bits per heavy atom. The number of benzene rings is 3. The lowest BCUT2D eigenvalue weighted by Gasteiger charge is -2.10. The minimum Gasteiger partial charge on any atom is -0.497 e. The van der Waals surface area contributed by atoms with E-state index in [0.29, 0.717) is 28.4 Å². The number of nitrogens with zero attached hydrogens (tertiary/aromatic N) is 2. The van der Waals surface area contributed by atoms with Gasteiger partial charge < -0.3 is 10.1 Å². The molecule has 0 aliphatic rings. The Morgan fingerprint density at radius 2 is 1.81 bits per heavy atom. The van der Waals surface area contributed by atoms with Crippen molar-refractivity contribution in [3.05, 3.63) is 84.9 Å². The SMILES string of the molecule is C=CC(=O)Nc1cc(OC)cc(-n2nc(-c3ccc(C(F)(F)F)cc3)c3ccccc32)c1. The summed E-state index contributed by atoms with van der Waals surface area (Å²) in [4.78, 5) is 11.8. The molecule has 1 aromatic heterocycles. The van der Waals surface area contributed by atoms with E-state index in [1.165, 1.54) is 19.2 Å². The molecule has 0 aliphatic heterocycles. The fourth-order valence-electron chi connectivity index (χ4n) is 3.38. The molecule has 1 N–H and O–H groups in total. The summed E-state index contributed by atoms with van der Waals surface area (Å²) in [6, 6.07) is 17.4. The summed E-state index contributed by atoms with van der Waals surface area (Å²) < 4.78 is 45.9. The van der Waals surface area contributed by atoms with Gasteiger partial charge in [0.2, 0.25) is 5.91 Å². The topological polar surface area (TPSA) is 56.1 Å². The van der Waals surface area contributed by atoms with Crippen molar-refractivity contribution in [3.8, 4) is 22.7 Å². The van der Waals surface area contributed by atoms with Crippen LogP contribution in [0.2, 0.25) is 0 Å². The van der Waals surface area contributed by atoms with Gasteiger partial charge in [-0.2, -0.15) is 18.3 Å². The summed E-state index contributed by atoms with van der Waals surface area (Å²) in [7, 11) is 1.51. The number of hydrogen-bond donors (Lipinski definition) is 1. The first-order valence-electron chi connectivity index (χ1n) is 9.58. The molecule has 0 saturated heterocycles. The van der Waals surface area contributed by atoms with Crippen LogP contribution in [0.25, 0.3) is 27.8 Å². The molecule has 1 amide bonds. The highest BCUT2D eigenvalue weighted by Crippen LogP contribution is 2.34. The summed E-state index contributed by atoms with van der Waals surface area (Å²) in [6.45, 7) is 3.45. The van der Waals surface area contributed by atoms with Crippen LogP contribution in [0.3, 0.4) is 0 Å². The zero-order valence-corrected chi connectivity index (χ0v) is 17.0. The zero-order chi connectivity index (χ0) is 22.9. The van der Waals surface area contributed by atoms with Gasteiger partial charge in [0.1, 0.15) is 11.4 Å². The van der Waals surface area contributed by atoms with E-state index in [-0.39, 0.29) is 5.91 Å². The van der Waals surface area contributed by atoms with Crippen molar-refractivity contribution in [3.63, 3.8) is 0 Å². The minimum atomic E-state index is -4.41. The molecule has 1 heterocycles. The Morgan fingerprint density at radius 3 is 2.47 bits per heavy atom. The lowest BCUT2D eigenvalue weighted by atomic mass is 10.1. The molecule has 0 spiro atoms. The van der Waals surface area contributed by atoms with Crippen molar-refractivity contribution in [1.29, 1.82) is 0 Å². The van der Waals surface area contributed by atoms with Gasteiger partial charge in [0, 0.05) is 28.8 Å². The molecular formula is C24H18F3N3O2. The Kier molecular flexibility index (Phi) is 5.44. The summed E-state index contributed by atoms with van der Waals surface area (Å²) in [6.07, 6.45) is -3.25. The second-order valence-corrected chi connectivity index (χ2v) is 6.97. The third-order valence-corrected chi connectivity index (χ3v) is 4.90. The number of fused-ring (bicyclic) bond motifs is 1. The molecule has 0 saturated carbocycles. The lowest BCUT2D eigenvalue weighted by molar-refractivity contribution is -0.137. The van der Waals surface area contributed by atoms with Crippen LogP contribution in [0.1, 0.15) is 5.56 Å². The number of carbonyl (C=O) groups is 1. The van der Waals surface area contributed by atoms with Gasteiger partial charge in [0.15, 0.2) is 0 Å². The first kappa shape index (κ1) is 21.2. The number of para-hydroxylation sites is 1. The highest BCUT2D eigenvalue weighted by atomic mass is 19.4. The minimum absolute atomic E-state index is 0.375. The third kappa shape index (κ3) is 4.07. The Hall–Kier alpha value is -4.07. The van der Waals surface area contributed by atoms with Gasteiger partial charge in [0.25, 0.3) is 0 Å². The number of aromatic nitrogens is 2. The predicted molar refractivity (Wildman–Crippen MR) is 117 cm³/mol. The fourth-order valence-corrected chi connectivity index (χ4v) is 3.38. The molecule has 8 heteroatoms. The molecule has 32 heavy (non-hydrogen) atoms.